The highest BCUT2D eigenvalue weighted by Crippen LogP contribution is 2.41. The molecule has 7 aromatic carbocycles. The molecule has 330 valence electrons. The third-order valence-electron chi connectivity index (χ3n) is 14.0. The van der Waals surface area contributed by atoms with Gasteiger partial charge in [-0.3, -0.25) is 0 Å². The molecule has 0 fully saturated rings. The lowest BCUT2D eigenvalue weighted by molar-refractivity contribution is 0.626. The highest BCUT2D eigenvalue weighted by molar-refractivity contribution is 5.78. The van der Waals surface area contributed by atoms with Gasteiger partial charge in [-0.1, -0.05) is 152 Å². The van der Waals surface area contributed by atoms with E-state index in [1.165, 1.54) is 117 Å². The topological polar surface area (TPSA) is 6.48 Å². The average Bonchev–Trinajstić information content (AvgIpc) is 3.30. The van der Waals surface area contributed by atoms with Crippen molar-refractivity contribution in [1.82, 2.24) is 0 Å². The maximum Gasteiger partial charge on any atom is 0.0464 e. The Morgan fingerprint density at radius 1 is 0.312 bits per heavy atom. The molecule has 0 saturated heterocycles. The Balaban J connectivity index is 1.11. The van der Waals surface area contributed by atoms with E-state index in [0.29, 0.717) is 0 Å². The van der Waals surface area contributed by atoms with Crippen molar-refractivity contribution >= 4 is 34.1 Å². The van der Waals surface area contributed by atoms with E-state index in [4.69, 9.17) is 0 Å². The van der Waals surface area contributed by atoms with Gasteiger partial charge < -0.3 is 9.80 Å². The fraction of sp³-hybridized carbons (Fsp3) is 0.323. The minimum Gasteiger partial charge on any atom is -0.310 e. The number of benzene rings is 7. The molecule has 0 aromatic heterocycles. The molecule has 0 spiro atoms. The van der Waals surface area contributed by atoms with Gasteiger partial charge in [-0.05, 0) is 182 Å². The van der Waals surface area contributed by atoms with E-state index < -0.39 is 0 Å². The zero-order chi connectivity index (χ0) is 45.4. The fourth-order valence-corrected chi connectivity index (χ4v) is 9.10. The number of hydrogen-bond acceptors (Lipinski definition) is 2. The van der Waals surface area contributed by atoms with Crippen LogP contribution >= 0.6 is 0 Å². The molecule has 0 unspecified atom stereocenters. The second-order valence-corrected chi connectivity index (χ2v) is 19.4. The van der Waals surface area contributed by atoms with Gasteiger partial charge in [0.15, 0.2) is 0 Å². The van der Waals surface area contributed by atoms with Crippen molar-refractivity contribution < 1.29 is 0 Å². The number of hydrogen-bond donors (Lipinski definition) is 0. The smallest absolute Gasteiger partial charge is 0.0464 e. The normalized spacial score (nSPS) is 11.8. The van der Waals surface area contributed by atoms with Crippen LogP contribution in [0.5, 0.6) is 0 Å². The fourth-order valence-electron chi connectivity index (χ4n) is 9.10. The lowest BCUT2D eigenvalue weighted by atomic mass is 9.74. The highest BCUT2D eigenvalue weighted by atomic mass is 15.1. The Bertz CT molecular complexity index is 2390. The van der Waals surface area contributed by atoms with Crippen LogP contribution in [0.4, 0.5) is 34.1 Å². The van der Waals surface area contributed by atoms with Crippen molar-refractivity contribution in [1.29, 1.82) is 0 Å². The lowest BCUT2D eigenvalue weighted by Gasteiger charge is -2.31. The number of anilines is 6. The van der Waals surface area contributed by atoms with Crippen LogP contribution in [-0.4, -0.2) is 0 Å². The van der Waals surface area contributed by atoms with E-state index in [-0.39, 0.29) is 10.8 Å². The third-order valence-corrected chi connectivity index (χ3v) is 14.0. The van der Waals surface area contributed by atoms with Gasteiger partial charge in [0.25, 0.3) is 0 Å². The molecule has 7 rings (SSSR count). The molecule has 0 amide bonds. The monoisotopic (exact) mass is 845 g/mol. The summed E-state index contributed by atoms with van der Waals surface area (Å²) in [6.45, 7) is 22.7. The largest absolute Gasteiger partial charge is 0.310 e. The third kappa shape index (κ3) is 10.4. The molecule has 0 bridgehead atoms. The van der Waals surface area contributed by atoms with Crippen molar-refractivity contribution in [2.45, 2.75) is 131 Å². The molecule has 64 heavy (non-hydrogen) atoms. The number of unbranched alkanes of at least 4 members (excludes halogenated alkanes) is 4. The first-order valence-corrected chi connectivity index (χ1v) is 24.0. The zero-order valence-corrected chi connectivity index (χ0v) is 40.6. The van der Waals surface area contributed by atoms with Gasteiger partial charge in [0.2, 0.25) is 0 Å². The summed E-state index contributed by atoms with van der Waals surface area (Å²) in [4.78, 5) is 4.80. The van der Waals surface area contributed by atoms with Crippen molar-refractivity contribution in [2.24, 2.45) is 0 Å². The van der Waals surface area contributed by atoms with Gasteiger partial charge in [0, 0.05) is 45.0 Å². The zero-order valence-electron chi connectivity index (χ0n) is 40.6. The predicted molar refractivity (Wildman–Crippen MR) is 278 cm³/mol. The first-order chi connectivity index (χ1) is 30.8. The summed E-state index contributed by atoms with van der Waals surface area (Å²) >= 11 is 0. The van der Waals surface area contributed by atoms with Crippen LogP contribution in [0.15, 0.2) is 158 Å². The summed E-state index contributed by atoms with van der Waals surface area (Å²) in [5.74, 6) is 0. The average molecular weight is 845 g/mol. The van der Waals surface area contributed by atoms with Gasteiger partial charge >= 0.3 is 0 Å². The van der Waals surface area contributed by atoms with Gasteiger partial charge in [0.1, 0.15) is 0 Å². The van der Waals surface area contributed by atoms with Crippen LogP contribution in [0.2, 0.25) is 0 Å². The first kappa shape index (κ1) is 46.1. The van der Waals surface area contributed by atoms with E-state index in [2.05, 4.69) is 237 Å². The first-order valence-electron chi connectivity index (χ1n) is 24.0. The van der Waals surface area contributed by atoms with E-state index in [9.17, 15) is 0 Å². The summed E-state index contributed by atoms with van der Waals surface area (Å²) in [6.07, 6.45) is 9.80. The van der Waals surface area contributed by atoms with Gasteiger partial charge in [-0.2, -0.15) is 0 Å². The molecule has 0 N–H and O–H groups in total. The molecule has 0 radical (unpaired) electrons. The maximum absolute atomic E-state index is 2.40. The molecule has 0 aliphatic heterocycles. The van der Waals surface area contributed by atoms with E-state index in [0.717, 1.165) is 24.2 Å². The van der Waals surface area contributed by atoms with Crippen LogP contribution in [0.25, 0.3) is 0 Å². The van der Waals surface area contributed by atoms with Gasteiger partial charge in [-0.25, -0.2) is 0 Å². The minimum absolute atomic E-state index is 0.181. The summed E-state index contributed by atoms with van der Waals surface area (Å²) in [5, 5.41) is 0. The summed E-state index contributed by atoms with van der Waals surface area (Å²) in [6, 6.07) is 59.9. The van der Waals surface area contributed by atoms with Crippen LogP contribution in [0, 0.1) is 27.7 Å². The predicted octanol–water partition coefficient (Wildman–Crippen LogP) is 18.0. The van der Waals surface area contributed by atoms with E-state index in [1.807, 2.05) is 0 Å². The molecule has 7 aromatic rings. The Morgan fingerprint density at radius 2 is 0.578 bits per heavy atom. The number of nitrogens with zero attached hydrogens (tertiary/aromatic N) is 2. The Labute approximate surface area is 387 Å². The van der Waals surface area contributed by atoms with E-state index >= 15 is 0 Å². The second kappa shape index (κ2) is 20.3. The molecular weight excluding hydrogens is 773 g/mol. The lowest BCUT2D eigenvalue weighted by Crippen LogP contribution is -2.22. The molecule has 0 aliphatic rings. The Hall–Kier alpha value is -5.86. The van der Waals surface area contributed by atoms with Crippen molar-refractivity contribution in [2.75, 3.05) is 9.80 Å². The number of aryl methyl sites for hydroxylation is 6. The minimum atomic E-state index is -0.181. The van der Waals surface area contributed by atoms with Crippen LogP contribution in [-0.2, 0) is 23.7 Å². The molecule has 0 aliphatic carbocycles. The van der Waals surface area contributed by atoms with Crippen LogP contribution < -0.4 is 9.80 Å². The molecule has 2 nitrogen and oxygen atoms in total. The molecule has 0 heterocycles. The molecule has 2 heteroatoms. The van der Waals surface area contributed by atoms with Crippen LogP contribution in [0.3, 0.4) is 0 Å². The van der Waals surface area contributed by atoms with Crippen molar-refractivity contribution in [3.05, 3.63) is 213 Å². The van der Waals surface area contributed by atoms with Crippen LogP contribution in [0.1, 0.15) is 136 Å². The maximum atomic E-state index is 2.40. The van der Waals surface area contributed by atoms with Gasteiger partial charge in [-0.15, -0.1) is 0 Å². The Kier molecular flexibility index (Phi) is 14.7. The SMILES string of the molecule is CCCCCc1ccc(N(c2ccc(C(C)(C)c3ccc(C(C)(C)c4ccc(N(c5ccc(CCCCC)cc5)c5ccc(C)c(C)c5)cc4)cc3)cc2)c2ccc(C)c(C)c2)cc1. The Morgan fingerprint density at radius 3 is 0.859 bits per heavy atom. The summed E-state index contributed by atoms with van der Waals surface area (Å²) in [5.41, 5.74) is 19.9. The van der Waals surface area contributed by atoms with Gasteiger partial charge in [0.05, 0.1) is 0 Å². The summed E-state index contributed by atoms with van der Waals surface area (Å²) < 4.78 is 0. The molecule has 0 saturated carbocycles. The second-order valence-electron chi connectivity index (χ2n) is 19.4. The highest BCUT2D eigenvalue weighted by Gasteiger charge is 2.27. The molecular formula is C62H72N2. The quantitative estimate of drug-likeness (QED) is 0.0794. The van der Waals surface area contributed by atoms with Crippen molar-refractivity contribution in [3.8, 4) is 0 Å². The standard InChI is InChI=1S/C62H72N2/c1-11-13-15-17-49-21-35-55(36-22-49)63(59-33-19-45(3)47(5)43-59)57-39-29-53(30-40-57)61(7,8)51-25-27-52(28-26-51)62(9,10)54-31-41-58(42-32-54)64(60-34-20-46(4)48(6)44-60)56-37-23-50(24-38-56)18-16-14-12-2/h19-44H,11-18H2,1-10H3. The van der Waals surface area contributed by atoms with E-state index in [1.54, 1.807) is 0 Å². The van der Waals surface area contributed by atoms with Crippen molar-refractivity contribution in [3.63, 3.8) is 0 Å². The number of rotatable bonds is 18. The molecule has 0 atom stereocenters. The summed E-state index contributed by atoms with van der Waals surface area (Å²) in [7, 11) is 0.